The van der Waals surface area contributed by atoms with Gasteiger partial charge in [-0.15, -0.1) is 0 Å². The Kier molecular flexibility index (Phi) is 4.12. The van der Waals surface area contributed by atoms with Gasteiger partial charge >= 0.3 is 6.03 Å². The lowest BCUT2D eigenvalue weighted by Gasteiger charge is -2.17. The predicted molar refractivity (Wildman–Crippen MR) is 71.1 cm³/mol. The Bertz CT molecular complexity index is 537. The summed E-state index contributed by atoms with van der Waals surface area (Å²) in [4.78, 5) is 17.5. The van der Waals surface area contributed by atoms with Crippen LogP contribution < -0.4 is 5.32 Å². The molecule has 6 nitrogen and oxygen atoms in total. The summed E-state index contributed by atoms with van der Waals surface area (Å²) in [5.41, 5.74) is 1.98. The van der Waals surface area contributed by atoms with Gasteiger partial charge in [0, 0.05) is 44.8 Å². The zero-order valence-corrected chi connectivity index (χ0v) is 11.1. The minimum Gasteiger partial charge on any atom is -0.334 e. The maximum Gasteiger partial charge on any atom is 0.317 e. The van der Waals surface area contributed by atoms with Gasteiger partial charge in [0.15, 0.2) is 0 Å². The summed E-state index contributed by atoms with van der Waals surface area (Å²) in [5.74, 6) is 0. The van der Waals surface area contributed by atoms with E-state index in [0.717, 1.165) is 11.1 Å². The summed E-state index contributed by atoms with van der Waals surface area (Å²) >= 11 is 0. The Hall–Kier alpha value is -2.37. The number of hydrogen-bond acceptors (Lipinski definition) is 3. The molecule has 0 aliphatic rings. The molecular formula is C13H17N5O. The van der Waals surface area contributed by atoms with Gasteiger partial charge in [0.1, 0.15) is 0 Å². The van der Waals surface area contributed by atoms with Crippen molar-refractivity contribution in [2.45, 2.75) is 13.1 Å². The summed E-state index contributed by atoms with van der Waals surface area (Å²) in [7, 11) is 3.61. The van der Waals surface area contributed by atoms with Gasteiger partial charge in [-0.3, -0.25) is 9.67 Å². The van der Waals surface area contributed by atoms with Gasteiger partial charge in [-0.05, 0) is 11.6 Å². The number of pyridine rings is 1. The fourth-order valence-corrected chi connectivity index (χ4v) is 1.71. The lowest BCUT2D eigenvalue weighted by Crippen LogP contribution is -2.36. The zero-order chi connectivity index (χ0) is 13.7. The van der Waals surface area contributed by atoms with Crippen LogP contribution in [0.3, 0.4) is 0 Å². The average molecular weight is 259 g/mol. The van der Waals surface area contributed by atoms with E-state index in [1.165, 1.54) is 0 Å². The Labute approximate surface area is 112 Å². The summed E-state index contributed by atoms with van der Waals surface area (Å²) in [6.45, 7) is 1.01. The van der Waals surface area contributed by atoms with E-state index in [-0.39, 0.29) is 6.03 Å². The highest BCUT2D eigenvalue weighted by atomic mass is 16.2. The minimum atomic E-state index is -0.118. The molecule has 2 aromatic rings. The second kappa shape index (κ2) is 5.99. The number of urea groups is 1. The SMILES string of the molecule is CN(Cc1cnn(C)c1)C(=O)NCc1cccnc1. The maximum atomic E-state index is 11.9. The van der Waals surface area contributed by atoms with Crippen molar-refractivity contribution in [1.82, 2.24) is 25.0 Å². The molecule has 2 heterocycles. The van der Waals surface area contributed by atoms with Gasteiger partial charge < -0.3 is 10.2 Å². The standard InChI is InChI=1S/C13H17N5O/c1-17(9-12-8-16-18(2)10-12)13(19)15-7-11-4-3-5-14-6-11/h3-6,8,10H,7,9H2,1-2H3,(H,15,19). The molecule has 0 aliphatic heterocycles. The Morgan fingerprint density at radius 2 is 2.26 bits per heavy atom. The third-order valence-corrected chi connectivity index (χ3v) is 2.69. The number of amides is 2. The molecule has 2 amide bonds. The second-order valence-electron chi connectivity index (χ2n) is 4.40. The van der Waals surface area contributed by atoms with E-state index in [9.17, 15) is 4.79 Å². The molecule has 0 saturated heterocycles. The number of hydrogen-bond donors (Lipinski definition) is 1. The molecule has 6 heteroatoms. The van der Waals surface area contributed by atoms with E-state index in [1.807, 2.05) is 25.4 Å². The van der Waals surface area contributed by atoms with Crippen LogP contribution in [0.1, 0.15) is 11.1 Å². The van der Waals surface area contributed by atoms with E-state index >= 15 is 0 Å². The van der Waals surface area contributed by atoms with Crippen molar-refractivity contribution < 1.29 is 4.79 Å². The topological polar surface area (TPSA) is 63.1 Å². The highest BCUT2D eigenvalue weighted by Crippen LogP contribution is 2.02. The fourth-order valence-electron chi connectivity index (χ4n) is 1.71. The second-order valence-corrected chi connectivity index (χ2v) is 4.40. The molecule has 0 radical (unpaired) electrons. The van der Waals surface area contributed by atoms with Crippen molar-refractivity contribution >= 4 is 6.03 Å². The Morgan fingerprint density at radius 1 is 1.42 bits per heavy atom. The third kappa shape index (κ3) is 3.80. The number of aryl methyl sites for hydroxylation is 1. The average Bonchev–Trinajstić information content (AvgIpc) is 2.82. The highest BCUT2D eigenvalue weighted by Gasteiger charge is 2.09. The van der Waals surface area contributed by atoms with Crippen LogP contribution in [0.15, 0.2) is 36.9 Å². The van der Waals surface area contributed by atoms with Crippen LogP contribution in [0.2, 0.25) is 0 Å². The summed E-state index contributed by atoms with van der Waals surface area (Å²) in [6.07, 6.45) is 7.09. The van der Waals surface area contributed by atoms with Crippen LogP contribution in [0.4, 0.5) is 4.79 Å². The van der Waals surface area contributed by atoms with Gasteiger partial charge in [-0.2, -0.15) is 5.10 Å². The van der Waals surface area contributed by atoms with Crippen LogP contribution in [0, 0.1) is 0 Å². The zero-order valence-electron chi connectivity index (χ0n) is 11.1. The van der Waals surface area contributed by atoms with E-state index in [4.69, 9.17) is 0 Å². The van der Waals surface area contributed by atoms with E-state index < -0.39 is 0 Å². The van der Waals surface area contributed by atoms with Gasteiger partial charge in [0.2, 0.25) is 0 Å². The molecule has 0 fully saturated rings. The minimum absolute atomic E-state index is 0.118. The van der Waals surface area contributed by atoms with Gasteiger partial charge in [-0.1, -0.05) is 6.07 Å². The molecule has 0 aliphatic carbocycles. The quantitative estimate of drug-likeness (QED) is 0.896. The molecular weight excluding hydrogens is 242 g/mol. The predicted octanol–water partition coefficient (Wildman–Crippen LogP) is 1.16. The van der Waals surface area contributed by atoms with Crippen LogP contribution in [0.25, 0.3) is 0 Å². The normalized spacial score (nSPS) is 10.2. The lowest BCUT2D eigenvalue weighted by molar-refractivity contribution is 0.206. The molecule has 100 valence electrons. The Balaban J connectivity index is 1.82. The first-order valence-corrected chi connectivity index (χ1v) is 6.00. The highest BCUT2D eigenvalue weighted by molar-refractivity contribution is 5.73. The number of rotatable bonds is 4. The summed E-state index contributed by atoms with van der Waals surface area (Å²) in [6, 6.07) is 3.66. The van der Waals surface area contributed by atoms with Gasteiger partial charge in [0.25, 0.3) is 0 Å². The monoisotopic (exact) mass is 259 g/mol. The first-order valence-electron chi connectivity index (χ1n) is 6.00. The van der Waals surface area contributed by atoms with E-state index in [2.05, 4.69) is 15.4 Å². The maximum absolute atomic E-state index is 11.9. The van der Waals surface area contributed by atoms with Crippen molar-refractivity contribution in [2.24, 2.45) is 7.05 Å². The number of nitrogens with zero attached hydrogens (tertiary/aromatic N) is 4. The summed E-state index contributed by atoms with van der Waals surface area (Å²) in [5, 5.41) is 6.92. The van der Waals surface area contributed by atoms with Crippen molar-refractivity contribution in [3.05, 3.63) is 48.0 Å². The number of nitrogens with one attached hydrogen (secondary N) is 1. The first kappa shape index (κ1) is 13.1. The molecule has 0 spiro atoms. The molecule has 0 bridgehead atoms. The fraction of sp³-hybridized carbons (Fsp3) is 0.308. The van der Waals surface area contributed by atoms with Gasteiger partial charge in [0.05, 0.1) is 12.7 Å². The molecule has 0 aromatic carbocycles. The Morgan fingerprint density at radius 3 is 2.89 bits per heavy atom. The molecule has 2 rings (SSSR count). The van der Waals surface area contributed by atoms with Gasteiger partial charge in [-0.25, -0.2) is 4.79 Å². The van der Waals surface area contributed by atoms with Crippen LogP contribution in [-0.4, -0.2) is 32.7 Å². The molecule has 0 saturated carbocycles. The van der Waals surface area contributed by atoms with Crippen LogP contribution >= 0.6 is 0 Å². The van der Waals surface area contributed by atoms with Crippen molar-refractivity contribution in [2.75, 3.05) is 7.05 Å². The first-order chi connectivity index (χ1) is 9.15. The number of carbonyl (C=O) groups is 1. The summed E-state index contributed by atoms with van der Waals surface area (Å²) < 4.78 is 1.72. The molecule has 19 heavy (non-hydrogen) atoms. The van der Waals surface area contributed by atoms with Crippen molar-refractivity contribution in [3.63, 3.8) is 0 Å². The van der Waals surface area contributed by atoms with Crippen LogP contribution in [0.5, 0.6) is 0 Å². The van der Waals surface area contributed by atoms with E-state index in [0.29, 0.717) is 13.1 Å². The van der Waals surface area contributed by atoms with Crippen LogP contribution in [-0.2, 0) is 20.1 Å². The number of aromatic nitrogens is 3. The largest absolute Gasteiger partial charge is 0.334 e. The molecule has 1 N–H and O–H groups in total. The molecule has 2 aromatic heterocycles. The van der Waals surface area contributed by atoms with E-state index in [1.54, 1.807) is 35.2 Å². The smallest absolute Gasteiger partial charge is 0.317 e. The number of carbonyl (C=O) groups excluding carboxylic acids is 1. The van der Waals surface area contributed by atoms with Crippen molar-refractivity contribution in [1.29, 1.82) is 0 Å². The lowest BCUT2D eigenvalue weighted by atomic mass is 10.3. The third-order valence-electron chi connectivity index (χ3n) is 2.69. The van der Waals surface area contributed by atoms with Crippen molar-refractivity contribution in [3.8, 4) is 0 Å². The molecule has 0 unspecified atom stereocenters. The molecule has 0 atom stereocenters.